The molecular weight excluding hydrogens is 120 g/mol. The molecule has 2 atom stereocenters. The summed E-state index contributed by atoms with van der Waals surface area (Å²) in [6, 6.07) is 0. The van der Waals surface area contributed by atoms with Crippen LogP contribution in [-0.4, -0.2) is 0 Å². The molecule has 0 radical (unpaired) electrons. The molecule has 58 valence electrons. The zero-order chi connectivity index (χ0) is 7.56. The molecule has 2 unspecified atom stereocenters. The van der Waals surface area contributed by atoms with Crippen molar-refractivity contribution in [3.05, 3.63) is 12.2 Å². The van der Waals surface area contributed by atoms with E-state index in [-0.39, 0.29) is 0 Å². The third kappa shape index (κ3) is 1.42. The summed E-state index contributed by atoms with van der Waals surface area (Å²) in [5, 5.41) is 0. The Morgan fingerprint density at radius 2 is 1.90 bits per heavy atom. The molecule has 1 saturated carbocycles. The van der Waals surface area contributed by atoms with Gasteiger partial charge in [0, 0.05) is 0 Å². The monoisotopic (exact) mass is 138 g/mol. The van der Waals surface area contributed by atoms with Crippen molar-refractivity contribution >= 4 is 0 Å². The minimum Gasteiger partial charge on any atom is -0.0885 e. The molecule has 0 aromatic carbocycles. The third-order valence-corrected chi connectivity index (χ3v) is 2.65. The zero-order valence-electron chi connectivity index (χ0n) is 7.30. The van der Waals surface area contributed by atoms with Gasteiger partial charge in [-0.25, -0.2) is 0 Å². The second-order valence-corrected chi connectivity index (χ2v) is 3.60. The largest absolute Gasteiger partial charge is 0.0885 e. The molecule has 0 N–H and O–H groups in total. The van der Waals surface area contributed by atoms with Crippen LogP contribution in [0.1, 0.15) is 33.6 Å². The summed E-state index contributed by atoms with van der Waals surface area (Å²) in [4.78, 5) is 0. The normalized spacial score (nSPS) is 40.1. The van der Waals surface area contributed by atoms with Crippen molar-refractivity contribution in [2.75, 3.05) is 0 Å². The van der Waals surface area contributed by atoms with Crippen LogP contribution in [0.15, 0.2) is 12.2 Å². The molecule has 0 heteroatoms. The van der Waals surface area contributed by atoms with Crippen LogP contribution < -0.4 is 0 Å². The fourth-order valence-electron chi connectivity index (χ4n) is 1.94. The third-order valence-electron chi connectivity index (χ3n) is 2.65. The first-order valence-electron chi connectivity index (χ1n) is 4.42. The predicted octanol–water partition coefficient (Wildman–Crippen LogP) is 3.24. The summed E-state index contributed by atoms with van der Waals surface area (Å²) in [7, 11) is 0. The minimum absolute atomic E-state index is 0.889. The van der Waals surface area contributed by atoms with Crippen LogP contribution in [0.25, 0.3) is 0 Å². The van der Waals surface area contributed by atoms with Gasteiger partial charge in [-0.05, 0) is 30.6 Å². The maximum absolute atomic E-state index is 2.40. The molecule has 0 heterocycles. The second-order valence-electron chi connectivity index (χ2n) is 3.60. The quantitative estimate of drug-likeness (QED) is 0.514. The molecule has 0 bridgehead atoms. The highest BCUT2D eigenvalue weighted by atomic mass is 14.4. The first kappa shape index (κ1) is 7.84. The van der Waals surface area contributed by atoms with Crippen molar-refractivity contribution in [2.24, 2.45) is 17.8 Å². The summed E-state index contributed by atoms with van der Waals surface area (Å²) < 4.78 is 0. The number of hydrogen-bond acceptors (Lipinski definition) is 0. The molecule has 1 aliphatic rings. The van der Waals surface area contributed by atoms with Gasteiger partial charge in [0.15, 0.2) is 0 Å². The van der Waals surface area contributed by atoms with Crippen molar-refractivity contribution in [3.63, 3.8) is 0 Å². The molecule has 1 rings (SSSR count). The van der Waals surface area contributed by atoms with Crippen LogP contribution in [0, 0.1) is 17.8 Å². The molecule has 0 amide bonds. The van der Waals surface area contributed by atoms with E-state index in [2.05, 4.69) is 32.9 Å². The highest BCUT2D eigenvalue weighted by Gasteiger charge is 2.31. The lowest BCUT2D eigenvalue weighted by molar-refractivity contribution is 0.148. The molecule has 1 aliphatic carbocycles. The van der Waals surface area contributed by atoms with E-state index in [1.165, 1.54) is 12.8 Å². The molecule has 0 aromatic heterocycles. The van der Waals surface area contributed by atoms with Gasteiger partial charge >= 0.3 is 0 Å². The van der Waals surface area contributed by atoms with Crippen molar-refractivity contribution in [2.45, 2.75) is 33.6 Å². The van der Waals surface area contributed by atoms with Crippen LogP contribution in [0.2, 0.25) is 0 Å². The lowest BCUT2D eigenvalue weighted by atomic mass is 9.66. The Morgan fingerprint density at radius 3 is 2.30 bits per heavy atom. The molecule has 1 fully saturated rings. The lowest BCUT2D eigenvalue weighted by Crippen LogP contribution is -2.30. The Bertz CT molecular complexity index is 116. The van der Waals surface area contributed by atoms with Gasteiger partial charge in [0.2, 0.25) is 0 Å². The van der Waals surface area contributed by atoms with Crippen LogP contribution in [-0.2, 0) is 0 Å². The molecule has 10 heavy (non-hydrogen) atoms. The average Bonchev–Trinajstić information content (AvgIpc) is 1.89. The molecule has 0 nitrogen and oxygen atoms in total. The number of rotatable bonds is 2. The maximum Gasteiger partial charge on any atom is -0.0182 e. The first-order valence-corrected chi connectivity index (χ1v) is 4.42. The number of allylic oxidation sites excluding steroid dienone is 2. The Hall–Kier alpha value is -0.260. The van der Waals surface area contributed by atoms with Crippen molar-refractivity contribution in [1.82, 2.24) is 0 Å². The lowest BCUT2D eigenvalue weighted by Gasteiger charge is -2.39. The van der Waals surface area contributed by atoms with Crippen molar-refractivity contribution < 1.29 is 0 Å². The van der Waals surface area contributed by atoms with Crippen LogP contribution in [0.4, 0.5) is 0 Å². The fraction of sp³-hybridized carbons (Fsp3) is 0.800. The van der Waals surface area contributed by atoms with Crippen LogP contribution >= 0.6 is 0 Å². The van der Waals surface area contributed by atoms with Gasteiger partial charge in [-0.2, -0.15) is 0 Å². The highest BCUT2D eigenvalue weighted by molar-refractivity contribution is 4.98. The van der Waals surface area contributed by atoms with E-state index in [9.17, 15) is 0 Å². The van der Waals surface area contributed by atoms with Crippen molar-refractivity contribution in [1.29, 1.82) is 0 Å². The van der Waals surface area contributed by atoms with E-state index in [0.717, 1.165) is 17.8 Å². The zero-order valence-corrected chi connectivity index (χ0v) is 7.30. The van der Waals surface area contributed by atoms with Gasteiger partial charge in [0.1, 0.15) is 0 Å². The molecular formula is C10H18. The van der Waals surface area contributed by atoms with Crippen LogP contribution in [0.3, 0.4) is 0 Å². The Morgan fingerprint density at radius 1 is 1.30 bits per heavy atom. The minimum atomic E-state index is 0.889. The molecule has 0 spiro atoms. The molecule has 0 saturated heterocycles. The summed E-state index contributed by atoms with van der Waals surface area (Å²) >= 11 is 0. The Kier molecular flexibility index (Phi) is 2.53. The van der Waals surface area contributed by atoms with Gasteiger partial charge in [0.25, 0.3) is 0 Å². The topological polar surface area (TPSA) is 0 Å². The average molecular weight is 138 g/mol. The maximum atomic E-state index is 2.40. The Labute approximate surface area is 64.3 Å². The van der Waals surface area contributed by atoms with E-state index in [0.29, 0.717) is 0 Å². The smallest absolute Gasteiger partial charge is 0.0182 e. The van der Waals surface area contributed by atoms with Crippen molar-refractivity contribution in [3.8, 4) is 0 Å². The summed E-state index contributed by atoms with van der Waals surface area (Å²) in [5.41, 5.74) is 0. The Balaban J connectivity index is 2.33. The van der Waals surface area contributed by atoms with E-state index < -0.39 is 0 Å². The van der Waals surface area contributed by atoms with Crippen LogP contribution in [0.5, 0.6) is 0 Å². The van der Waals surface area contributed by atoms with E-state index >= 15 is 0 Å². The SMILES string of the molecule is CCC=CC1C(C)CC1C. The molecule has 0 aliphatic heterocycles. The summed E-state index contributed by atoms with van der Waals surface area (Å²) in [6.07, 6.45) is 7.32. The van der Waals surface area contributed by atoms with E-state index in [1.807, 2.05) is 0 Å². The van der Waals surface area contributed by atoms with Gasteiger partial charge in [-0.3, -0.25) is 0 Å². The van der Waals surface area contributed by atoms with E-state index in [1.54, 1.807) is 0 Å². The standard InChI is InChI=1S/C10H18/c1-4-5-6-10-8(2)7-9(10)3/h5-6,8-10H,4,7H2,1-3H3. The van der Waals surface area contributed by atoms with Gasteiger partial charge in [-0.1, -0.05) is 32.9 Å². The predicted molar refractivity (Wildman–Crippen MR) is 45.9 cm³/mol. The summed E-state index contributed by atoms with van der Waals surface area (Å²) in [5.74, 6) is 2.77. The summed E-state index contributed by atoms with van der Waals surface area (Å²) in [6.45, 7) is 6.90. The van der Waals surface area contributed by atoms with Gasteiger partial charge in [0.05, 0.1) is 0 Å². The van der Waals surface area contributed by atoms with E-state index in [4.69, 9.17) is 0 Å². The number of hydrogen-bond donors (Lipinski definition) is 0. The molecule has 0 aromatic rings. The highest BCUT2D eigenvalue weighted by Crippen LogP contribution is 2.40. The van der Waals surface area contributed by atoms with Gasteiger partial charge in [-0.15, -0.1) is 0 Å². The second kappa shape index (κ2) is 3.23. The first-order chi connectivity index (χ1) is 4.75. The fourth-order valence-corrected chi connectivity index (χ4v) is 1.94. The van der Waals surface area contributed by atoms with Gasteiger partial charge < -0.3 is 0 Å².